The van der Waals surface area contributed by atoms with Gasteiger partial charge in [0.1, 0.15) is 5.75 Å². The molecule has 0 radical (unpaired) electrons. The summed E-state index contributed by atoms with van der Waals surface area (Å²) in [5.74, 6) is 0.631. The summed E-state index contributed by atoms with van der Waals surface area (Å²) in [5, 5.41) is 6.31. The molecule has 2 rings (SSSR count). The standard InChI is InChI=1S/C15H21BrN2O2.ClH/c1-10-5-6-14(13(16)8-10)20-11(2)15(19)18-12-4-3-7-17-9-12;/h5-6,8,11-12,17H,3-4,7,9H2,1-2H3,(H,18,19);1H. The summed E-state index contributed by atoms with van der Waals surface area (Å²) in [4.78, 5) is 12.1. The van der Waals surface area contributed by atoms with Crippen LogP contribution in [0.1, 0.15) is 25.3 Å². The molecule has 1 aromatic rings. The summed E-state index contributed by atoms with van der Waals surface area (Å²) in [6, 6.07) is 6.04. The molecule has 2 unspecified atom stereocenters. The van der Waals surface area contributed by atoms with Gasteiger partial charge in [-0.2, -0.15) is 0 Å². The first kappa shape index (κ1) is 18.3. The summed E-state index contributed by atoms with van der Waals surface area (Å²) < 4.78 is 6.60. The van der Waals surface area contributed by atoms with Crippen molar-refractivity contribution in [1.29, 1.82) is 0 Å². The van der Waals surface area contributed by atoms with Crippen molar-refractivity contribution in [1.82, 2.24) is 10.6 Å². The van der Waals surface area contributed by atoms with E-state index in [2.05, 4.69) is 26.6 Å². The molecule has 0 spiro atoms. The molecule has 2 atom stereocenters. The van der Waals surface area contributed by atoms with Crippen LogP contribution in [0.25, 0.3) is 0 Å². The number of hydrogen-bond acceptors (Lipinski definition) is 3. The third-order valence-corrected chi connectivity index (χ3v) is 4.02. The summed E-state index contributed by atoms with van der Waals surface area (Å²) in [7, 11) is 0. The number of carbonyl (C=O) groups is 1. The summed E-state index contributed by atoms with van der Waals surface area (Å²) in [6.45, 7) is 5.67. The molecule has 21 heavy (non-hydrogen) atoms. The molecule has 4 nitrogen and oxygen atoms in total. The molecule has 1 saturated heterocycles. The predicted molar refractivity (Wildman–Crippen MR) is 90.3 cm³/mol. The monoisotopic (exact) mass is 376 g/mol. The second kappa shape index (κ2) is 8.61. The van der Waals surface area contributed by atoms with E-state index in [9.17, 15) is 4.79 Å². The van der Waals surface area contributed by atoms with E-state index in [0.717, 1.165) is 36.0 Å². The fourth-order valence-corrected chi connectivity index (χ4v) is 2.83. The van der Waals surface area contributed by atoms with E-state index in [0.29, 0.717) is 5.75 Å². The van der Waals surface area contributed by atoms with Crippen LogP contribution < -0.4 is 15.4 Å². The Labute approximate surface area is 140 Å². The third-order valence-electron chi connectivity index (χ3n) is 3.40. The molecule has 6 heteroatoms. The van der Waals surface area contributed by atoms with Crippen molar-refractivity contribution in [2.75, 3.05) is 13.1 Å². The minimum atomic E-state index is -0.504. The van der Waals surface area contributed by atoms with Crippen LogP contribution >= 0.6 is 28.3 Å². The van der Waals surface area contributed by atoms with Gasteiger partial charge in [0.2, 0.25) is 0 Å². The largest absolute Gasteiger partial charge is 0.480 e. The highest BCUT2D eigenvalue weighted by molar-refractivity contribution is 9.10. The van der Waals surface area contributed by atoms with E-state index in [-0.39, 0.29) is 24.4 Å². The molecule has 0 bridgehead atoms. The summed E-state index contributed by atoms with van der Waals surface area (Å²) >= 11 is 3.46. The molecule has 1 aromatic carbocycles. The molecule has 1 fully saturated rings. The lowest BCUT2D eigenvalue weighted by molar-refractivity contribution is -0.128. The molecule has 1 aliphatic rings. The van der Waals surface area contributed by atoms with Crippen molar-refractivity contribution < 1.29 is 9.53 Å². The Kier molecular flexibility index (Phi) is 7.49. The summed E-state index contributed by atoms with van der Waals surface area (Å²) in [5.41, 5.74) is 1.15. The minimum Gasteiger partial charge on any atom is -0.480 e. The molecule has 1 amide bonds. The van der Waals surface area contributed by atoms with E-state index in [1.54, 1.807) is 6.92 Å². The Hall–Kier alpha value is -0.780. The maximum atomic E-state index is 12.1. The van der Waals surface area contributed by atoms with Crippen LogP contribution in [0.4, 0.5) is 0 Å². The first-order chi connectivity index (χ1) is 9.56. The van der Waals surface area contributed by atoms with Gasteiger partial charge in [-0.3, -0.25) is 4.79 Å². The lowest BCUT2D eigenvalue weighted by Crippen LogP contribution is -2.49. The molecule has 0 aliphatic carbocycles. The molecular formula is C15H22BrClN2O2. The van der Waals surface area contributed by atoms with E-state index >= 15 is 0 Å². The number of ether oxygens (including phenoxy) is 1. The molecule has 2 N–H and O–H groups in total. The van der Waals surface area contributed by atoms with Crippen molar-refractivity contribution in [3.8, 4) is 5.75 Å². The highest BCUT2D eigenvalue weighted by Gasteiger charge is 2.21. The van der Waals surface area contributed by atoms with Crippen molar-refractivity contribution >= 4 is 34.2 Å². The average molecular weight is 378 g/mol. The van der Waals surface area contributed by atoms with Gasteiger partial charge in [-0.25, -0.2) is 0 Å². The van der Waals surface area contributed by atoms with Crippen LogP contribution in [-0.4, -0.2) is 31.1 Å². The van der Waals surface area contributed by atoms with Crippen LogP contribution in [-0.2, 0) is 4.79 Å². The number of benzene rings is 1. The SMILES string of the molecule is Cc1ccc(OC(C)C(=O)NC2CCCNC2)c(Br)c1.Cl. The number of piperidine rings is 1. The van der Waals surface area contributed by atoms with Crippen LogP contribution in [0.15, 0.2) is 22.7 Å². The van der Waals surface area contributed by atoms with Crippen LogP contribution in [0, 0.1) is 6.92 Å². The Bertz CT molecular complexity index is 479. The quantitative estimate of drug-likeness (QED) is 0.848. The fraction of sp³-hybridized carbons (Fsp3) is 0.533. The summed E-state index contributed by atoms with van der Waals surface area (Å²) in [6.07, 6.45) is 1.62. The molecular weight excluding hydrogens is 356 g/mol. The Morgan fingerprint density at radius 3 is 2.90 bits per heavy atom. The van der Waals surface area contributed by atoms with E-state index < -0.39 is 6.10 Å². The molecule has 118 valence electrons. The Balaban J connectivity index is 0.00000220. The number of aryl methyl sites for hydroxylation is 1. The maximum Gasteiger partial charge on any atom is 0.261 e. The number of rotatable bonds is 4. The fourth-order valence-electron chi connectivity index (χ4n) is 2.24. The van der Waals surface area contributed by atoms with Crippen molar-refractivity contribution in [2.45, 2.75) is 38.8 Å². The zero-order valence-electron chi connectivity index (χ0n) is 12.3. The number of halogens is 2. The number of hydrogen-bond donors (Lipinski definition) is 2. The van der Waals surface area contributed by atoms with Gasteiger partial charge in [-0.05, 0) is 66.9 Å². The third kappa shape index (κ3) is 5.49. The lowest BCUT2D eigenvalue weighted by Gasteiger charge is -2.25. The van der Waals surface area contributed by atoms with Gasteiger partial charge in [0.25, 0.3) is 5.91 Å². The van der Waals surface area contributed by atoms with Gasteiger partial charge in [-0.15, -0.1) is 12.4 Å². The van der Waals surface area contributed by atoms with Crippen molar-refractivity contribution in [3.63, 3.8) is 0 Å². The lowest BCUT2D eigenvalue weighted by atomic mass is 10.1. The predicted octanol–water partition coefficient (Wildman–Crippen LogP) is 2.81. The molecule has 1 aliphatic heterocycles. The van der Waals surface area contributed by atoms with Gasteiger partial charge in [0, 0.05) is 12.6 Å². The number of carbonyl (C=O) groups excluding carboxylic acids is 1. The molecule has 0 aromatic heterocycles. The van der Waals surface area contributed by atoms with Gasteiger partial charge in [0.05, 0.1) is 4.47 Å². The second-order valence-corrected chi connectivity index (χ2v) is 6.10. The minimum absolute atomic E-state index is 0. The zero-order chi connectivity index (χ0) is 14.5. The highest BCUT2D eigenvalue weighted by Crippen LogP contribution is 2.26. The number of amides is 1. The topological polar surface area (TPSA) is 50.4 Å². The van der Waals surface area contributed by atoms with Crippen LogP contribution in [0.3, 0.4) is 0 Å². The van der Waals surface area contributed by atoms with Crippen molar-refractivity contribution in [3.05, 3.63) is 28.2 Å². The first-order valence-electron chi connectivity index (χ1n) is 7.00. The smallest absolute Gasteiger partial charge is 0.261 e. The maximum absolute atomic E-state index is 12.1. The Morgan fingerprint density at radius 1 is 1.52 bits per heavy atom. The van der Waals surface area contributed by atoms with E-state index in [1.807, 2.05) is 25.1 Å². The van der Waals surface area contributed by atoms with E-state index in [1.165, 1.54) is 0 Å². The van der Waals surface area contributed by atoms with Gasteiger partial charge < -0.3 is 15.4 Å². The van der Waals surface area contributed by atoms with Gasteiger partial charge >= 0.3 is 0 Å². The molecule has 1 heterocycles. The van der Waals surface area contributed by atoms with Crippen LogP contribution in [0.5, 0.6) is 5.75 Å². The number of nitrogens with one attached hydrogen (secondary N) is 2. The van der Waals surface area contributed by atoms with Crippen molar-refractivity contribution in [2.24, 2.45) is 0 Å². The van der Waals surface area contributed by atoms with Gasteiger partial charge in [-0.1, -0.05) is 6.07 Å². The Morgan fingerprint density at radius 2 is 2.29 bits per heavy atom. The van der Waals surface area contributed by atoms with Crippen LogP contribution in [0.2, 0.25) is 0 Å². The van der Waals surface area contributed by atoms with Gasteiger partial charge in [0.15, 0.2) is 6.10 Å². The first-order valence-corrected chi connectivity index (χ1v) is 7.79. The molecule has 0 saturated carbocycles. The zero-order valence-corrected chi connectivity index (χ0v) is 14.7. The normalized spacial score (nSPS) is 19.3. The van der Waals surface area contributed by atoms with E-state index in [4.69, 9.17) is 4.74 Å². The highest BCUT2D eigenvalue weighted by atomic mass is 79.9. The average Bonchev–Trinajstić information content (AvgIpc) is 2.43. The second-order valence-electron chi connectivity index (χ2n) is 5.25.